The highest BCUT2D eigenvalue weighted by Gasteiger charge is 2.34. The van der Waals surface area contributed by atoms with Crippen LogP contribution in [0.15, 0.2) is 71.6 Å². The second-order valence-corrected chi connectivity index (χ2v) is 13.3. The van der Waals surface area contributed by atoms with Gasteiger partial charge in [0, 0.05) is 18.1 Å². The maximum Gasteiger partial charge on any atom is 0.264 e. The molecule has 0 aliphatic heterocycles. The molecule has 3 aromatic rings. The second-order valence-electron chi connectivity index (χ2n) is 9.75. The van der Waals surface area contributed by atoms with E-state index >= 15 is 0 Å². The Balaban J connectivity index is 2.09. The quantitative estimate of drug-likeness (QED) is 0.225. The maximum atomic E-state index is 14.1. The van der Waals surface area contributed by atoms with Crippen LogP contribution in [-0.2, 0) is 26.2 Å². The molecule has 0 saturated carbocycles. The van der Waals surface area contributed by atoms with Gasteiger partial charge in [0.05, 0.1) is 25.7 Å². The van der Waals surface area contributed by atoms with Crippen LogP contribution < -0.4 is 9.62 Å². The zero-order valence-corrected chi connectivity index (χ0v) is 26.6. The van der Waals surface area contributed by atoms with Crippen molar-refractivity contribution in [3.8, 4) is 0 Å². The molecule has 41 heavy (non-hydrogen) atoms. The Hall–Kier alpha value is -2.49. The fourth-order valence-electron chi connectivity index (χ4n) is 4.09. The van der Waals surface area contributed by atoms with Crippen molar-refractivity contribution in [2.75, 3.05) is 17.4 Å². The lowest BCUT2D eigenvalue weighted by atomic mass is 10.1. The minimum absolute atomic E-state index is 0.0220. The highest BCUT2D eigenvalue weighted by atomic mass is 35.5. The molecule has 12 heteroatoms. The molecular weight excluding hydrogens is 628 g/mol. The number of nitrogens with zero attached hydrogens (tertiary/aromatic N) is 2. The number of amides is 2. The highest BCUT2D eigenvalue weighted by Crippen LogP contribution is 2.33. The lowest BCUT2D eigenvalue weighted by molar-refractivity contribution is -0.140. The third-order valence-corrected chi connectivity index (χ3v) is 9.26. The van der Waals surface area contributed by atoms with E-state index in [9.17, 15) is 18.0 Å². The molecule has 220 valence electrons. The van der Waals surface area contributed by atoms with Crippen LogP contribution in [0.5, 0.6) is 0 Å². The van der Waals surface area contributed by atoms with E-state index in [4.69, 9.17) is 46.4 Å². The summed E-state index contributed by atoms with van der Waals surface area (Å²) in [6.45, 7) is 5.44. The third-order valence-electron chi connectivity index (χ3n) is 6.19. The molecule has 0 aromatic heterocycles. The standard InChI is InChI=1S/C29H31Cl4N3O4S/c1-4-26(29(38)34-16-19(2)3)35(17-20-10-12-23(31)25(33)14-20)28(37)18-36(27-15-21(30)11-13-24(27)32)41(39,40)22-8-6-5-7-9-22/h5-15,19,26H,4,16-18H2,1-3H3,(H,34,38)/t26-/m0/s1. The van der Waals surface area contributed by atoms with E-state index in [1.54, 1.807) is 43.3 Å². The summed E-state index contributed by atoms with van der Waals surface area (Å²) in [6.07, 6.45) is 0.278. The molecule has 7 nitrogen and oxygen atoms in total. The zero-order chi connectivity index (χ0) is 30.3. The monoisotopic (exact) mass is 657 g/mol. The van der Waals surface area contributed by atoms with E-state index in [0.29, 0.717) is 17.1 Å². The van der Waals surface area contributed by atoms with Crippen molar-refractivity contribution >= 4 is 73.9 Å². The average Bonchev–Trinajstić information content (AvgIpc) is 2.94. The highest BCUT2D eigenvalue weighted by molar-refractivity contribution is 7.92. The van der Waals surface area contributed by atoms with Gasteiger partial charge in [0.1, 0.15) is 12.6 Å². The Morgan fingerprint density at radius 1 is 0.878 bits per heavy atom. The van der Waals surface area contributed by atoms with Gasteiger partial charge in [0.2, 0.25) is 11.8 Å². The fourth-order valence-corrected chi connectivity index (χ4v) is 6.29. The Kier molecular flexibility index (Phi) is 11.8. The normalized spacial score (nSPS) is 12.2. The Labute approximate surface area is 261 Å². The van der Waals surface area contributed by atoms with Gasteiger partial charge in [-0.15, -0.1) is 0 Å². The summed E-state index contributed by atoms with van der Waals surface area (Å²) in [5.74, 6) is -0.793. The molecule has 1 atom stereocenters. The number of sulfonamides is 1. The molecule has 0 unspecified atom stereocenters. The van der Waals surface area contributed by atoms with E-state index in [-0.39, 0.29) is 50.4 Å². The summed E-state index contributed by atoms with van der Waals surface area (Å²) in [4.78, 5) is 28.7. The smallest absolute Gasteiger partial charge is 0.264 e. The molecule has 0 aliphatic rings. The van der Waals surface area contributed by atoms with Crippen molar-refractivity contribution in [3.05, 3.63) is 92.4 Å². The summed E-state index contributed by atoms with van der Waals surface area (Å²) in [7, 11) is -4.28. The number of anilines is 1. The minimum Gasteiger partial charge on any atom is -0.354 e. The number of benzene rings is 3. The summed E-state index contributed by atoms with van der Waals surface area (Å²) < 4.78 is 28.7. The van der Waals surface area contributed by atoms with Crippen LogP contribution in [0.25, 0.3) is 0 Å². The van der Waals surface area contributed by atoms with Crippen LogP contribution in [-0.4, -0.2) is 44.3 Å². The van der Waals surface area contributed by atoms with Crippen LogP contribution >= 0.6 is 46.4 Å². The van der Waals surface area contributed by atoms with Crippen LogP contribution in [0.2, 0.25) is 20.1 Å². The topological polar surface area (TPSA) is 86.8 Å². The summed E-state index contributed by atoms with van der Waals surface area (Å²) >= 11 is 25.0. The first-order valence-corrected chi connectivity index (χ1v) is 15.8. The van der Waals surface area contributed by atoms with Crippen molar-refractivity contribution in [2.24, 2.45) is 5.92 Å². The van der Waals surface area contributed by atoms with E-state index in [1.165, 1.54) is 35.2 Å². The predicted octanol–water partition coefficient (Wildman–Crippen LogP) is 7.08. The molecule has 3 rings (SSSR count). The largest absolute Gasteiger partial charge is 0.354 e. The molecule has 0 radical (unpaired) electrons. The van der Waals surface area contributed by atoms with Crippen LogP contribution in [0, 0.1) is 5.92 Å². The molecule has 0 saturated heterocycles. The summed E-state index contributed by atoms with van der Waals surface area (Å²) in [6, 6.07) is 16.0. The number of carbonyl (C=O) groups is 2. The van der Waals surface area contributed by atoms with Crippen LogP contribution in [0.3, 0.4) is 0 Å². The van der Waals surface area contributed by atoms with Crippen LogP contribution in [0.1, 0.15) is 32.8 Å². The molecular formula is C29H31Cl4N3O4S. The van der Waals surface area contributed by atoms with E-state index in [2.05, 4.69) is 5.32 Å². The maximum absolute atomic E-state index is 14.1. The Morgan fingerprint density at radius 3 is 2.15 bits per heavy atom. The third kappa shape index (κ3) is 8.52. The molecule has 1 N–H and O–H groups in total. The number of hydrogen-bond donors (Lipinski definition) is 1. The van der Waals surface area contributed by atoms with Gasteiger partial charge in [-0.3, -0.25) is 13.9 Å². The molecule has 0 heterocycles. The van der Waals surface area contributed by atoms with Gasteiger partial charge in [-0.2, -0.15) is 0 Å². The molecule has 0 fully saturated rings. The first kappa shape index (κ1) is 33.0. The van der Waals surface area contributed by atoms with Crippen molar-refractivity contribution < 1.29 is 18.0 Å². The molecule has 0 aliphatic carbocycles. The first-order chi connectivity index (χ1) is 19.3. The van der Waals surface area contributed by atoms with E-state index in [0.717, 1.165) is 4.31 Å². The van der Waals surface area contributed by atoms with Crippen LogP contribution in [0.4, 0.5) is 5.69 Å². The molecule has 0 spiro atoms. The number of halogens is 4. The van der Waals surface area contributed by atoms with Gasteiger partial charge < -0.3 is 10.2 Å². The van der Waals surface area contributed by atoms with Gasteiger partial charge in [-0.05, 0) is 60.4 Å². The Morgan fingerprint density at radius 2 is 1.54 bits per heavy atom. The fraction of sp³-hybridized carbons (Fsp3) is 0.310. The van der Waals surface area contributed by atoms with Crippen molar-refractivity contribution in [1.29, 1.82) is 0 Å². The first-order valence-electron chi connectivity index (χ1n) is 12.9. The SMILES string of the molecule is CC[C@@H](C(=O)NCC(C)C)N(Cc1ccc(Cl)c(Cl)c1)C(=O)CN(c1cc(Cl)ccc1Cl)S(=O)(=O)c1ccccc1. The second kappa shape index (κ2) is 14.6. The van der Waals surface area contributed by atoms with Gasteiger partial charge in [-0.1, -0.05) is 91.4 Å². The molecule has 0 bridgehead atoms. The molecule has 2 amide bonds. The zero-order valence-electron chi connectivity index (χ0n) is 22.8. The summed E-state index contributed by atoms with van der Waals surface area (Å²) in [5.41, 5.74) is 0.643. The Bertz CT molecular complexity index is 1490. The lowest BCUT2D eigenvalue weighted by Gasteiger charge is -2.33. The van der Waals surface area contributed by atoms with E-state index in [1.807, 2.05) is 13.8 Å². The number of hydrogen-bond acceptors (Lipinski definition) is 4. The number of carbonyl (C=O) groups excluding carboxylic acids is 2. The summed E-state index contributed by atoms with van der Waals surface area (Å²) in [5, 5.41) is 3.82. The number of nitrogens with one attached hydrogen (secondary N) is 1. The van der Waals surface area contributed by atoms with Crippen molar-refractivity contribution in [3.63, 3.8) is 0 Å². The predicted molar refractivity (Wildman–Crippen MR) is 166 cm³/mol. The van der Waals surface area contributed by atoms with Gasteiger partial charge >= 0.3 is 0 Å². The minimum atomic E-state index is -4.28. The van der Waals surface area contributed by atoms with E-state index < -0.39 is 28.5 Å². The van der Waals surface area contributed by atoms with Gasteiger partial charge in [-0.25, -0.2) is 8.42 Å². The number of rotatable bonds is 12. The van der Waals surface area contributed by atoms with Gasteiger partial charge in [0.15, 0.2) is 0 Å². The molecule has 3 aromatic carbocycles. The van der Waals surface area contributed by atoms with Crippen molar-refractivity contribution in [1.82, 2.24) is 10.2 Å². The van der Waals surface area contributed by atoms with Crippen molar-refractivity contribution in [2.45, 2.75) is 44.7 Å². The lowest BCUT2D eigenvalue weighted by Crippen LogP contribution is -2.52. The van der Waals surface area contributed by atoms with Gasteiger partial charge in [0.25, 0.3) is 10.0 Å². The average molecular weight is 659 g/mol.